The Morgan fingerprint density at radius 1 is 1.17 bits per heavy atom. The smallest absolute Gasteiger partial charge is 0.410 e. The Kier molecular flexibility index (Phi) is 11.3. The van der Waals surface area contributed by atoms with Crippen molar-refractivity contribution in [3.05, 3.63) is 51.5 Å². The Bertz CT molecular complexity index is 970. The number of carbonyl (C=O) groups excluding carboxylic acids is 2. The number of benzene rings is 1. The summed E-state index contributed by atoms with van der Waals surface area (Å²) in [4.78, 5) is 31.7. The number of rotatable bonds is 12. The zero-order valence-corrected chi connectivity index (χ0v) is 23.3. The van der Waals surface area contributed by atoms with E-state index in [1.165, 1.54) is 18.3 Å². The molecule has 0 aliphatic carbocycles. The highest BCUT2D eigenvalue weighted by Gasteiger charge is 2.32. The fourth-order valence-electron chi connectivity index (χ4n) is 3.75. The molecular weight excluding hydrogens is 480 g/mol. The number of nitrogens with zero attached hydrogens (tertiary/aromatic N) is 2. The van der Waals surface area contributed by atoms with Gasteiger partial charge >= 0.3 is 12.1 Å². The Balaban J connectivity index is 2.16. The first-order chi connectivity index (χ1) is 16.9. The molecule has 0 saturated carbocycles. The highest BCUT2D eigenvalue weighted by Crippen LogP contribution is 2.33. The second-order valence-corrected chi connectivity index (χ2v) is 11.2. The molecule has 0 fully saturated rings. The molecule has 1 aromatic carbocycles. The minimum atomic E-state index is -0.658. The molecule has 0 saturated heterocycles. The number of amides is 1. The summed E-state index contributed by atoms with van der Waals surface area (Å²) in [7, 11) is 1.69. The van der Waals surface area contributed by atoms with Crippen molar-refractivity contribution in [1.82, 2.24) is 9.88 Å². The van der Waals surface area contributed by atoms with Gasteiger partial charge in [0.25, 0.3) is 0 Å². The molecule has 9 heteroatoms. The summed E-state index contributed by atoms with van der Waals surface area (Å²) in [6, 6.07) is 9.66. The normalized spacial score (nSPS) is 13.4. The van der Waals surface area contributed by atoms with Crippen LogP contribution in [0.2, 0.25) is 0 Å². The molecule has 36 heavy (non-hydrogen) atoms. The Morgan fingerprint density at radius 2 is 1.83 bits per heavy atom. The summed E-state index contributed by atoms with van der Waals surface area (Å²) in [5.74, 6) is -0.361. The van der Waals surface area contributed by atoms with E-state index < -0.39 is 23.8 Å². The molecule has 200 valence electrons. The van der Waals surface area contributed by atoms with Gasteiger partial charge in [0.05, 0.1) is 25.5 Å². The minimum absolute atomic E-state index is 0.0729. The largest absolute Gasteiger partial charge is 0.455 e. The molecule has 1 aromatic heterocycles. The number of esters is 1. The molecule has 0 aliphatic heterocycles. The van der Waals surface area contributed by atoms with Gasteiger partial charge in [0.1, 0.15) is 10.6 Å². The summed E-state index contributed by atoms with van der Waals surface area (Å²) in [6.07, 6.45) is -0.156. The van der Waals surface area contributed by atoms with Gasteiger partial charge in [-0.1, -0.05) is 44.2 Å². The summed E-state index contributed by atoms with van der Waals surface area (Å²) >= 11 is 1.40. The molecule has 0 aliphatic rings. The molecule has 2 rings (SSSR count). The quantitative estimate of drug-likeness (QED) is 0.300. The van der Waals surface area contributed by atoms with E-state index in [1.807, 2.05) is 65.0 Å². The first-order valence-corrected chi connectivity index (χ1v) is 13.1. The van der Waals surface area contributed by atoms with Crippen LogP contribution in [-0.4, -0.2) is 52.4 Å². The molecule has 2 aromatic rings. The minimum Gasteiger partial charge on any atom is -0.455 e. The molecule has 0 spiro atoms. The van der Waals surface area contributed by atoms with E-state index in [-0.39, 0.29) is 18.6 Å². The second-order valence-electron chi connectivity index (χ2n) is 10.1. The Morgan fingerprint density at radius 3 is 2.39 bits per heavy atom. The average molecular weight is 521 g/mol. The molecular formula is C27H40N2O6S. The van der Waals surface area contributed by atoms with Crippen LogP contribution in [0, 0.1) is 5.92 Å². The summed E-state index contributed by atoms with van der Waals surface area (Å²) in [5.41, 5.74) is 1.02. The Hall–Kier alpha value is -2.49. The number of carbonyl (C=O) groups is 2. The number of aromatic nitrogens is 1. The summed E-state index contributed by atoms with van der Waals surface area (Å²) in [6.45, 7) is 11.6. The van der Waals surface area contributed by atoms with Gasteiger partial charge in [-0.3, -0.25) is 4.79 Å². The molecule has 0 bridgehead atoms. The van der Waals surface area contributed by atoms with Crippen molar-refractivity contribution in [2.45, 2.75) is 85.3 Å². The standard InChI is InChI=1S/C27H40N2O6S/c1-18(2)22(29(7)26(32)35-27(4,5)6)15-23(34-19(3)31)25-28-21(16-30)24(36-25)13-14-33-17-20-11-9-8-10-12-20/h8-12,18,22-23,30H,13-17H2,1-7H3. The molecule has 0 radical (unpaired) electrons. The van der Waals surface area contributed by atoms with Gasteiger partial charge in [0.15, 0.2) is 6.10 Å². The van der Waals surface area contributed by atoms with Crippen molar-refractivity contribution in [2.75, 3.05) is 13.7 Å². The Labute approximate surface area is 218 Å². The molecule has 2 atom stereocenters. The van der Waals surface area contributed by atoms with Gasteiger partial charge in [-0.2, -0.15) is 0 Å². The number of thiazole rings is 1. The maximum absolute atomic E-state index is 12.7. The van der Waals surface area contributed by atoms with Crippen LogP contribution < -0.4 is 0 Å². The van der Waals surface area contributed by atoms with Crippen molar-refractivity contribution < 1.29 is 28.9 Å². The lowest BCUT2D eigenvalue weighted by atomic mass is 9.96. The molecule has 8 nitrogen and oxygen atoms in total. The van der Waals surface area contributed by atoms with E-state index in [1.54, 1.807) is 11.9 Å². The molecule has 1 heterocycles. The van der Waals surface area contributed by atoms with Crippen LogP contribution in [0.4, 0.5) is 4.79 Å². The van der Waals surface area contributed by atoms with Gasteiger partial charge in [-0.05, 0) is 32.3 Å². The zero-order valence-electron chi connectivity index (χ0n) is 22.4. The molecule has 2 unspecified atom stereocenters. The number of aliphatic hydroxyl groups is 1. The third-order valence-electron chi connectivity index (χ3n) is 5.52. The van der Waals surface area contributed by atoms with Crippen LogP contribution in [-0.2, 0) is 38.6 Å². The lowest BCUT2D eigenvalue weighted by Crippen LogP contribution is -2.44. The van der Waals surface area contributed by atoms with E-state index in [2.05, 4.69) is 4.98 Å². The SMILES string of the molecule is CC(=O)OC(CC(C(C)C)N(C)C(=O)OC(C)(C)C)c1nc(CO)c(CCOCc2ccccc2)s1. The lowest BCUT2D eigenvalue weighted by Gasteiger charge is -2.34. The maximum Gasteiger partial charge on any atom is 0.410 e. The van der Waals surface area contributed by atoms with Gasteiger partial charge in [0, 0.05) is 37.7 Å². The van der Waals surface area contributed by atoms with Crippen LogP contribution >= 0.6 is 11.3 Å². The average Bonchev–Trinajstić information content (AvgIpc) is 3.21. The van der Waals surface area contributed by atoms with Gasteiger partial charge in [-0.25, -0.2) is 9.78 Å². The van der Waals surface area contributed by atoms with Gasteiger partial charge in [-0.15, -0.1) is 11.3 Å². The van der Waals surface area contributed by atoms with E-state index in [4.69, 9.17) is 14.2 Å². The van der Waals surface area contributed by atoms with E-state index >= 15 is 0 Å². The third kappa shape index (κ3) is 9.52. The van der Waals surface area contributed by atoms with Crippen molar-refractivity contribution in [3.63, 3.8) is 0 Å². The van der Waals surface area contributed by atoms with Gasteiger partial charge < -0.3 is 24.2 Å². The summed E-state index contributed by atoms with van der Waals surface area (Å²) < 4.78 is 17.0. The molecule has 1 amide bonds. The fraction of sp³-hybridized carbons (Fsp3) is 0.593. The first kappa shape index (κ1) is 29.7. The van der Waals surface area contributed by atoms with Crippen molar-refractivity contribution in [2.24, 2.45) is 5.92 Å². The zero-order chi connectivity index (χ0) is 26.9. The predicted molar refractivity (Wildman–Crippen MR) is 140 cm³/mol. The monoisotopic (exact) mass is 520 g/mol. The second kappa shape index (κ2) is 13.7. The maximum atomic E-state index is 12.7. The van der Waals surface area contributed by atoms with E-state index in [9.17, 15) is 14.7 Å². The van der Waals surface area contributed by atoms with Gasteiger partial charge in [0.2, 0.25) is 0 Å². The van der Waals surface area contributed by atoms with Crippen LogP contribution in [0.5, 0.6) is 0 Å². The van der Waals surface area contributed by atoms with Crippen LogP contribution in [0.15, 0.2) is 30.3 Å². The first-order valence-electron chi connectivity index (χ1n) is 12.2. The van der Waals surface area contributed by atoms with Crippen molar-refractivity contribution in [1.29, 1.82) is 0 Å². The van der Waals surface area contributed by atoms with Crippen LogP contribution in [0.1, 0.15) is 75.2 Å². The number of ether oxygens (including phenoxy) is 3. The highest BCUT2D eigenvalue weighted by molar-refractivity contribution is 7.11. The number of hydrogen-bond acceptors (Lipinski definition) is 8. The van der Waals surface area contributed by atoms with E-state index in [0.29, 0.717) is 36.8 Å². The lowest BCUT2D eigenvalue weighted by molar-refractivity contribution is -0.147. The van der Waals surface area contributed by atoms with Crippen LogP contribution in [0.3, 0.4) is 0 Å². The number of hydrogen-bond donors (Lipinski definition) is 1. The van der Waals surface area contributed by atoms with Crippen molar-refractivity contribution >= 4 is 23.4 Å². The predicted octanol–water partition coefficient (Wildman–Crippen LogP) is 5.28. The highest BCUT2D eigenvalue weighted by atomic mass is 32.1. The summed E-state index contributed by atoms with van der Waals surface area (Å²) in [5, 5.41) is 10.5. The van der Waals surface area contributed by atoms with Crippen LogP contribution in [0.25, 0.3) is 0 Å². The van der Waals surface area contributed by atoms with Crippen molar-refractivity contribution in [3.8, 4) is 0 Å². The topological polar surface area (TPSA) is 98.2 Å². The fourth-order valence-corrected chi connectivity index (χ4v) is 4.85. The third-order valence-corrected chi connectivity index (χ3v) is 6.77. The van der Waals surface area contributed by atoms with E-state index in [0.717, 1.165) is 10.4 Å². The number of aliphatic hydroxyl groups excluding tert-OH is 1. The molecule has 1 N–H and O–H groups in total.